The number of aryl methyl sites for hydroxylation is 1. The summed E-state index contributed by atoms with van der Waals surface area (Å²) in [6.07, 6.45) is 2.19. The van der Waals surface area contributed by atoms with Gasteiger partial charge < -0.3 is 20.1 Å². The van der Waals surface area contributed by atoms with Gasteiger partial charge in [-0.15, -0.1) is 0 Å². The van der Waals surface area contributed by atoms with E-state index in [1.165, 1.54) is 0 Å². The van der Waals surface area contributed by atoms with Crippen molar-refractivity contribution < 1.29 is 10.2 Å². The van der Waals surface area contributed by atoms with Crippen molar-refractivity contribution in [1.82, 2.24) is 9.55 Å². The van der Waals surface area contributed by atoms with Gasteiger partial charge in [0, 0.05) is 18.8 Å². The van der Waals surface area contributed by atoms with Gasteiger partial charge >= 0.3 is 0 Å². The number of rotatable bonds is 6. The third kappa shape index (κ3) is 2.80. The van der Waals surface area contributed by atoms with E-state index in [2.05, 4.69) is 21.8 Å². The van der Waals surface area contributed by atoms with Gasteiger partial charge in [-0.3, -0.25) is 0 Å². The highest BCUT2D eigenvalue weighted by Gasteiger charge is 2.05. The van der Waals surface area contributed by atoms with Crippen LogP contribution in [0.5, 0.6) is 0 Å². The quantitative estimate of drug-likeness (QED) is 0.719. The van der Waals surface area contributed by atoms with Crippen molar-refractivity contribution in [2.45, 2.75) is 26.0 Å². The van der Waals surface area contributed by atoms with E-state index in [9.17, 15) is 5.11 Å². The lowest BCUT2D eigenvalue weighted by atomic mass is 10.2. The summed E-state index contributed by atoms with van der Waals surface area (Å²) in [7, 11) is 0. The van der Waals surface area contributed by atoms with Gasteiger partial charge in [-0.2, -0.15) is 0 Å². The molecule has 5 nitrogen and oxygen atoms in total. The summed E-state index contributed by atoms with van der Waals surface area (Å²) in [4.78, 5) is 4.36. The summed E-state index contributed by atoms with van der Waals surface area (Å²) in [5.74, 6) is 0. The highest BCUT2D eigenvalue weighted by Crippen LogP contribution is 2.18. The van der Waals surface area contributed by atoms with E-state index in [0.717, 1.165) is 29.7 Å². The van der Waals surface area contributed by atoms with Crippen LogP contribution in [0.3, 0.4) is 0 Å². The van der Waals surface area contributed by atoms with Crippen molar-refractivity contribution in [1.29, 1.82) is 0 Å². The molecule has 1 atom stereocenters. The summed E-state index contributed by atoms with van der Waals surface area (Å²) in [5, 5.41) is 21.1. The van der Waals surface area contributed by atoms with E-state index in [1.807, 2.05) is 24.5 Å². The molecule has 98 valence electrons. The van der Waals surface area contributed by atoms with Gasteiger partial charge in [0.25, 0.3) is 0 Å². The highest BCUT2D eigenvalue weighted by molar-refractivity contribution is 5.79. The Labute approximate surface area is 106 Å². The first-order valence-corrected chi connectivity index (χ1v) is 6.22. The number of benzene rings is 1. The van der Waals surface area contributed by atoms with Crippen LogP contribution in [0.2, 0.25) is 0 Å². The lowest BCUT2D eigenvalue weighted by Gasteiger charge is -2.10. The minimum Gasteiger partial charge on any atom is -0.394 e. The third-order valence-corrected chi connectivity index (χ3v) is 2.84. The Bertz CT molecular complexity index is 510. The lowest BCUT2D eigenvalue weighted by molar-refractivity contribution is 0.105. The predicted octanol–water partition coefficient (Wildman–Crippen LogP) is 1.21. The second-order valence-corrected chi connectivity index (χ2v) is 4.36. The standard InChI is InChI=1S/C13H19N3O2/c1-2-5-16-9-15-12-6-10(3-4-13(12)16)14-7-11(18)8-17/h3-4,6,9,11,14,17-18H,2,5,7-8H2,1H3. The summed E-state index contributed by atoms with van der Waals surface area (Å²) in [5.41, 5.74) is 2.95. The molecule has 0 saturated carbocycles. The van der Waals surface area contributed by atoms with Gasteiger partial charge in [0.05, 0.1) is 30.1 Å². The first-order chi connectivity index (χ1) is 8.74. The van der Waals surface area contributed by atoms with E-state index in [0.29, 0.717) is 6.54 Å². The third-order valence-electron chi connectivity index (χ3n) is 2.84. The van der Waals surface area contributed by atoms with Crippen molar-refractivity contribution >= 4 is 16.7 Å². The molecule has 2 aromatic rings. The van der Waals surface area contributed by atoms with E-state index in [4.69, 9.17) is 5.11 Å². The fraction of sp³-hybridized carbons (Fsp3) is 0.462. The molecular formula is C13H19N3O2. The van der Waals surface area contributed by atoms with Crippen LogP contribution in [0.15, 0.2) is 24.5 Å². The number of fused-ring (bicyclic) bond motifs is 1. The number of nitrogens with one attached hydrogen (secondary N) is 1. The second kappa shape index (κ2) is 5.84. The Morgan fingerprint density at radius 2 is 2.28 bits per heavy atom. The minimum atomic E-state index is -0.738. The number of aliphatic hydroxyl groups excluding tert-OH is 2. The molecule has 5 heteroatoms. The first-order valence-electron chi connectivity index (χ1n) is 6.22. The van der Waals surface area contributed by atoms with Crippen LogP contribution in [0.25, 0.3) is 11.0 Å². The molecule has 0 aliphatic rings. The maximum Gasteiger partial charge on any atom is 0.0958 e. The van der Waals surface area contributed by atoms with E-state index < -0.39 is 6.10 Å². The molecule has 3 N–H and O–H groups in total. The molecule has 1 aromatic heterocycles. The average molecular weight is 249 g/mol. The second-order valence-electron chi connectivity index (χ2n) is 4.36. The zero-order chi connectivity index (χ0) is 13.0. The number of nitrogens with zero attached hydrogens (tertiary/aromatic N) is 2. The van der Waals surface area contributed by atoms with Crippen molar-refractivity contribution in [3.63, 3.8) is 0 Å². The summed E-state index contributed by atoms with van der Waals surface area (Å²) < 4.78 is 2.13. The molecule has 0 radical (unpaired) electrons. The van der Waals surface area contributed by atoms with Gasteiger partial charge in [-0.25, -0.2) is 4.98 Å². The van der Waals surface area contributed by atoms with Crippen LogP contribution < -0.4 is 5.32 Å². The Kier molecular flexibility index (Phi) is 4.17. The van der Waals surface area contributed by atoms with Crippen LogP contribution in [0.4, 0.5) is 5.69 Å². The van der Waals surface area contributed by atoms with Gasteiger partial charge in [-0.05, 0) is 24.6 Å². The zero-order valence-corrected chi connectivity index (χ0v) is 10.5. The largest absolute Gasteiger partial charge is 0.394 e. The monoisotopic (exact) mass is 249 g/mol. The Balaban J connectivity index is 2.13. The van der Waals surface area contributed by atoms with Crippen molar-refractivity contribution in [2.75, 3.05) is 18.5 Å². The summed E-state index contributed by atoms with van der Waals surface area (Å²) >= 11 is 0. The number of aliphatic hydroxyl groups is 2. The molecule has 0 aliphatic carbocycles. The lowest BCUT2D eigenvalue weighted by Crippen LogP contribution is -2.22. The van der Waals surface area contributed by atoms with E-state index in [-0.39, 0.29) is 6.61 Å². The SMILES string of the molecule is CCCn1cnc2cc(NCC(O)CO)ccc21. The first kappa shape index (κ1) is 12.9. The Morgan fingerprint density at radius 3 is 3.00 bits per heavy atom. The van der Waals surface area contributed by atoms with Crippen LogP contribution in [0.1, 0.15) is 13.3 Å². The molecule has 2 rings (SSSR count). The number of imidazole rings is 1. The average Bonchev–Trinajstić information content (AvgIpc) is 2.79. The van der Waals surface area contributed by atoms with E-state index >= 15 is 0 Å². The molecular weight excluding hydrogens is 230 g/mol. The molecule has 1 unspecified atom stereocenters. The predicted molar refractivity (Wildman–Crippen MR) is 71.6 cm³/mol. The van der Waals surface area contributed by atoms with E-state index in [1.54, 1.807) is 0 Å². The fourth-order valence-electron chi connectivity index (χ4n) is 1.89. The highest BCUT2D eigenvalue weighted by atomic mass is 16.3. The Morgan fingerprint density at radius 1 is 1.44 bits per heavy atom. The van der Waals surface area contributed by atoms with Crippen LogP contribution in [-0.2, 0) is 6.54 Å². The smallest absolute Gasteiger partial charge is 0.0958 e. The number of anilines is 1. The number of hydrogen-bond acceptors (Lipinski definition) is 4. The Hall–Kier alpha value is -1.59. The van der Waals surface area contributed by atoms with Crippen molar-refractivity contribution in [3.05, 3.63) is 24.5 Å². The van der Waals surface area contributed by atoms with Crippen LogP contribution in [-0.4, -0.2) is 39.0 Å². The minimum absolute atomic E-state index is 0.236. The number of aromatic nitrogens is 2. The molecule has 0 fully saturated rings. The molecule has 0 spiro atoms. The van der Waals surface area contributed by atoms with Gasteiger partial charge in [-0.1, -0.05) is 6.92 Å². The van der Waals surface area contributed by atoms with Crippen molar-refractivity contribution in [2.24, 2.45) is 0 Å². The summed E-state index contributed by atoms with van der Waals surface area (Å²) in [6, 6.07) is 5.93. The van der Waals surface area contributed by atoms with Crippen LogP contribution in [0, 0.1) is 0 Å². The molecule has 0 saturated heterocycles. The normalized spacial score (nSPS) is 12.8. The van der Waals surface area contributed by atoms with Gasteiger partial charge in [0.1, 0.15) is 0 Å². The zero-order valence-electron chi connectivity index (χ0n) is 10.5. The fourth-order valence-corrected chi connectivity index (χ4v) is 1.89. The van der Waals surface area contributed by atoms with Gasteiger partial charge in [0.2, 0.25) is 0 Å². The maximum absolute atomic E-state index is 9.27. The number of hydrogen-bond donors (Lipinski definition) is 3. The topological polar surface area (TPSA) is 70.3 Å². The van der Waals surface area contributed by atoms with Gasteiger partial charge in [0.15, 0.2) is 0 Å². The molecule has 0 aliphatic heterocycles. The molecule has 0 bridgehead atoms. The summed E-state index contributed by atoms with van der Waals surface area (Å²) in [6.45, 7) is 3.20. The molecule has 18 heavy (non-hydrogen) atoms. The molecule has 1 heterocycles. The van der Waals surface area contributed by atoms with Crippen molar-refractivity contribution in [3.8, 4) is 0 Å². The maximum atomic E-state index is 9.27. The van der Waals surface area contributed by atoms with Crippen LogP contribution >= 0.6 is 0 Å². The molecule has 0 amide bonds. The molecule has 1 aromatic carbocycles.